The van der Waals surface area contributed by atoms with Gasteiger partial charge in [-0.3, -0.25) is 0 Å². The summed E-state index contributed by atoms with van der Waals surface area (Å²) in [6.45, 7) is 0. The fourth-order valence-corrected chi connectivity index (χ4v) is 22.3. The van der Waals surface area contributed by atoms with Crippen LogP contribution in [0.5, 0.6) is 0 Å². The Morgan fingerprint density at radius 2 is 0.653 bits per heavy atom. The van der Waals surface area contributed by atoms with Crippen LogP contribution in [0.2, 0.25) is 0 Å². The van der Waals surface area contributed by atoms with Crippen LogP contribution in [-0.2, 0) is 6.42 Å². The summed E-state index contributed by atoms with van der Waals surface area (Å²) >= 11 is 9.46. The Labute approximate surface area is 583 Å². The minimum atomic E-state index is 0.891. The Bertz CT molecular complexity index is 7010. The van der Waals surface area contributed by atoms with Gasteiger partial charge in [0.2, 0.25) is 0 Å². The van der Waals surface area contributed by atoms with Crippen LogP contribution in [-0.4, -0.2) is 0 Å². The number of hydrogen-bond donors (Lipinski definition) is 0. The molecule has 0 unspecified atom stereocenters. The molecule has 7 heteroatoms. The van der Waals surface area contributed by atoms with E-state index in [9.17, 15) is 0 Å². The smallest absolute Gasteiger partial charge is 0.0616 e. The maximum Gasteiger partial charge on any atom is 0.0616 e. The minimum absolute atomic E-state index is 0.891. The fourth-order valence-electron chi connectivity index (χ4n) is 16.8. The van der Waals surface area contributed by atoms with Gasteiger partial charge in [-0.1, -0.05) is 163 Å². The molecule has 3 aliphatic rings. The van der Waals surface area contributed by atoms with Crippen LogP contribution < -0.4 is 9.80 Å². The topological polar surface area (TPSA) is 6.48 Å². The van der Waals surface area contributed by atoms with Gasteiger partial charge in [0.05, 0.1) is 22.7 Å². The van der Waals surface area contributed by atoms with Gasteiger partial charge in [0.1, 0.15) is 0 Å². The highest BCUT2D eigenvalue weighted by atomic mass is 32.2. The summed E-state index contributed by atoms with van der Waals surface area (Å²) in [4.78, 5) is 10.1. The highest BCUT2D eigenvalue weighted by molar-refractivity contribution is 8.00. The molecule has 0 bridgehead atoms. The van der Waals surface area contributed by atoms with E-state index >= 15 is 0 Å². The maximum atomic E-state index is 2.57. The number of nitrogens with zero attached hydrogens (tertiary/aromatic N) is 2. The molecule has 2 nitrogen and oxygen atoms in total. The molecule has 0 spiro atoms. The van der Waals surface area contributed by atoms with E-state index in [1.165, 1.54) is 212 Å². The van der Waals surface area contributed by atoms with Crippen LogP contribution in [0.1, 0.15) is 11.1 Å². The molecule has 98 heavy (non-hydrogen) atoms. The van der Waals surface area contributed by atoms with Crippen molar-refractivity contribution in [2.24, 2.45) is 0 Å². The summed E-state index contributed by atoms with van der Waals surface area (Å²) in [6.07, 6.45) is 0.891. The van der Waals surface area contributed by atoms with E-state index < -0.39 is 0 Å². The first-order valence-corrected chi connectivity index (χ1v) is 37.5. The van der Waals surface area contributed by atoms with Gasteiger partial charge in [-0.15, -0.1) is 34.0 Å². The van der Waals surface area contributed by atoms with Crippen molar-refractivity contribution >= 4 is 217 Å². The molecule has 1 aliphatic carbocycles. The molecule has 2 aliphatic heterocycles. The molecule has 0 fully saturated rings. The lowest BCUT2D eigenvalue weighted by Gasteiger charge is -2.34. The zero-order chi connectivity index (χ0) is 63.6. The summed E-state index contributed by atoms with van der Waals surface area (Å²) < 4.78 is 7.80. The van der Waals surface area contributed by atoms with Gasteiger partial charge in [0, 0.05) is 91.5 Å². The zero-order valence-corrected chi connectivity index (χ0v) is 56.4. The number of anilines is 6. The van der Waals surface area contributed by atoms with E-state index in [1.54, 1.807) is 0 Å². The van der Waals surface area contributed by atoms with Crippen LogP contribution in [0.4, 0.5) is 34.1 Å². The van der Waals surface area contributed by atoms with Crippen LogP contribution in [0.3, 0.4) is 0 Å². The molecular weight excluding hydrogens is 1280 g/mol. The second-order valence-electron chi connectivity index (χ2n) is 26.7. The third kappa shape index (κ3) is 7.99. The molecule has 0 radical (unpaired) electrons. The molecule has 0 atom stereocenters. The van der Waals surface area contributed by atoms with Gasteiger partial charge in [0.15, 0.2) is 0 Å². The molecule has 5 heterocycles. The van der Waals surface area contributed by atoms with Gasteiger partial charge < -0.3 is 9.80 Å². The lowest BCUT2D eigenvalue weighted by Crippen LogP contribution is -2.15. The van der Waals surface area contributed by atoms with E-state index in [4.69, 9.17) is 0 Å². The van der Waals surface area contributed by atoms with E-state index in [2.05, 4.69) is 301 Å². The largest absolute Gasteiger partial charge is 0.308 e. The van der Waals surface area contributed by atoms with Gasteiger partial charge in [-0.25, -0.2) is 0 Å². The molecule has 454 valence electrons. The molecule has 17 aromatic carbocycles. The highest BCUT2D eigenvalue weighted by Crippen LogP contribution is 2.59. The molecular formula is C91H50N2S5. The number of rotatable bonds is 4. The molecule has 0 amide bonds. The van der Waals surface area contributed by atoms with Gasteiger partial charge >= 0.3 is 0 Å². The van der Waals surface area contributed by atoms with Crippen LogP contribution in [0.25, 0.3) is 159 Å². The SMILES string of the molecule is c1ccc2c(c1)Sc1cc3c(cc1N2c1ccc2c(-c4ccc5sc6ccccc6c5c4)c4cc(N5c6ccccc6Sc6cc7c(cc65)sc5cc6cc8ccccc8cc6cc57)ccc4c(-c4ccc5sc6ccccc6c5c4)c2c1)Cc1cc2cc4ccccc4cc2cc1-3. The quantitative estimate of drug-likeness (QED) is 0.162. The molecule has 23 rings (SSSR count). The average molecular weight is 1330 g/mol. The lowest BCUT2D eigenvalue weighted by atomic mass is 9.84. The monoisotopic (exact) mass is 1330 g/mol. The summed E-state index contributed by atoms with van der Waals surface area (Å²) in [5.41, 5.74) is 17.4. The Balaban J connectivity index is 0.773. The van der Waals surface area contributed by atoms with Crippen molar-refractivity contribution in [3.8, 4) is 33.4 Å². The third-order valence-corrected chi connectivity index (χ3v) is 26.9. The van der Waals surface area contributed by atoms with Crippen molar-refractivity contribution < 1.29 is 0 Å². The van der Waals surface area contributed by atoms with Crippen LogP contribution in [0, 0.1) is 0 Å². The molecule has 20 aromatic rings. The first kappa shape index (κ1) is 54.4. The maximum absolute atomic E-state index is 2.57. The summed E-state index contributed by atoms with van der Waals surface area (Å²) in [7, 11) is 0. The van der Waals surface area contributed by atoms with Crippen molar-refractivity contribution in [3.63, 3.8) is 0 Å². The minimum Gasteiger partial charge on any atom is -0.308 e. The Kier molecular flexibility index (Phi) is 11.3. The molecule has 3 aromatic heterocycles. The van der Waals surface area contributed by atoms with E-state index in [-0.39, 0.29) is 0 Å². The van der Waals surface area contributed by atoms with Gasteiger partial charge in [0.25, 0.3) is 0 Å². The number of para-hydroxylation sites is 2. The van der Waals surface area contributed by atoms with Crippen molar-refractivity contribution in [3.05, 3.63) is 302 Å². The predicted molar refractivity (Wildman–Crippen MR) is 427 cm³/mol. The normalized spacial score (nSPS) is 13.3. The number of hydrogen-bond acceptors (Lipinski definition) is 7. The second kappa shape index (κ2) is 20.4. The third-order valence-electron chi connectivity index (χ3n) is 21.2. The predicted octanol–water partition coefficient (Wildman–Crippen LogP) is 28.5. The van der Waals surface area contributed by atoms with E-state index in [0.717, 1.165) is 17.8 Å². The van der Waals surface area contributed by atoms with E-state index in [0.29, 0.717) is 0 Å². The first-order chi connectivity index (χ1) is 48.5. The fraction of sp³-hybridized carbons (Fsp3) is 0.0110. The van der Waals surface area contributed by atoms with E-state index in [1.807, 2.05) is 57.5 Å². The molecule has 0 saturated heterocycles. The van der Waals surface area contributed by atoms with Gasteiger partial charge in [-0.2, -0.15) is 0 Å². The number of thiophene rings is 3. The van der Waals surface area contributed by atoms with Crippen molar-refractivity contribution in [2.45, 2.75) is 26.0 Å². The van der Waals surface area contributed by atoms with Crippen LogP contribution in [0.15, 0.2) is 311 Å². The lowest BCUT2D eigenvalue weighted by molar-refractivity contribution is 1.15. The van der Waals surface area contributed by atoms with Crippen molar-refractivity contribution in [2.75, 3.05) is 9.80 Å². The second-order valence-corrected chi connectivity index (χ2v) is 32.1. The number of fused-ring (bicyclic) bond motifs is 22. The number of benzene rings is 17. The molecule has 0 N–H and O–H groups in total. The van der Waals surface area contributed by atoms with Gasteiger partial charge in [-0.05, 0) is 267 Å². The molecule has 0 saturated carbocycles. The summed E-state index contributed by atoms with van der Waals surface area (Å²) in [6, 6.07) is 112. The Morgan fingerprint density at radius 3 is 1.24 bits per heavy atom. The summed E-state index contributed by atoms with van der Waals surface area (Å²) in [5, 5.41) is 22.9. The van der Waals surface area contributed by atoms with Crippen molar-refractivity contribution in [1.82, 2.24) is 0 Å². The standard InChI is InChI=1S/C91H50N2S5/c1-2-14-51-34-57-41-68-60(37-56(57)33-50(51)13-1)38-61-43-78-88(47-69(61)68)96-84-23-11-7-19-76(84)92(78)62-27-29-66-74(45-62)90(54-25-31-82-70(39-54)64-17-5-9-21-80(64)94-82)67-30-28-63(46-75(67)91(66)55-26-32-83-71(40-55)65-18-6-10-22-81(65)95-83)93-77-20-8-12-24-85(77)97-89-48-73-72-42-58-35-52-15-3-4-16-53(52)36-59(58)44-86(72)98-87(73)49-79(89)93/h1-37,39-49H,38H2. The zero-order valence-electron chi connectivity index (χ0n) is 52.4. The Morgan fingerprint density at radius 1 is 0.224 bits per heavy atom. The summed E-state index contributed by atoms with van der Waals surface area (Å²) in [5.74, 6) is 0. The van der Waals surface area contributed by atoms with Crippen molar-refractivity contribution in [1.29, 1.82) is 0 Å². The highest BCUT2D eigenvalue weighted by Gasteiger charge is 2.32. The first-order valence-electron chi connectivity index (χ1n) is 33.4. The Hall–Kier alpha value is -10.7. The van der Waals surface area contributed by atoms with Crippen LogP contribution >= 0.6 is 57.5 Å². The average Bonchev–Trinajstić information content (AvgIpc) is 0.948.